The molecule has 0 bridgehead atoms. The van der Waals surface area contributed by atoms with Crippen molar-refractivity contribution in [3.05, 3.63) is 47.4 Å². The second-order valence-corrected chi connectivity index (χ2v) is 3.83. The minimum Gasteiger partial charge on any atom is -0.384 e. The highest BCUT2D eigenvalue weighted by Crippen LogP contribution is 2.26. The molecular weight excluding hydrogens is 203 g/mol. The Morgan fingerprint density at radius 1 is 1.06 bits per heavy atom. The average Bonchev–Trinajstić information content (AvgIpc) is 2.22. The van der Waals surface area contributed by atoms with E-state index < -0.39 is 0 Å². The van der Waals surface area contributed by atoms with Gasteiger partial charge in [-0.25, -0.2) is 9.37 Å². The molecule has 0 radical (unpaired) electrons. The summed E-state index contributed by atoms with van der Waals surface area (Å²) in [6.45, 7) is 3.82. The van der Waals surface area contributed by atoms with Crippen molar-refractivity contribution in [1.82, 2.24) is 4.98 Å². The molecule has 2 rings (SSSR count). The highest BCUT2D eigenvalue weighted by molar-refractivity contribution is 5.70. The molecule has 2 aromatic rings. The molecule has 16 heavy (non-hydrogen) atoms. The van der Waals surface area contributed by atoms with E-state index in [2.05, 4.69) is 4.98 Å². The first kappa shape index (κ1) is 10.6. The van der Waals surface area contributed by atoms with Gasteiger partial charge < -0.3 is 5.73 Å². The molecule has 0 saturated heterocycles. The van der Waals surface area contributed by atoms with Crippen LogP contribution >= 0.6 is 0 Å². The van der Waals surface area contributed by atoms with Crippen molar-refractivity contribution in [1.29, 1.82) is 0 Å². The number of nitrogen functional groups attached to an aromatic ring is 1. The van der Waals surface area contributed by atoms with E-state index >= 15 is 0 Å². The first-order valence-electron chi connectivity index (χ1n) is 5.07. The molecule has 1 aromatic carbocycles. The van der Waals surface area contributed by atoms with Crippen LogP contribution in [0.2, 0.25) is 0 Å². The van der Waals surface area contributed by atoms with Gasteiger partial charge >= 0.3 is 0 Å². The number of aryl methyl sites for hydroxylation is 2. The van der Waals surface area contributed by atoms with Crippen LogP contribution in [0.1, 0.15) is 11.3 Å². The third kappa shape index (κ3) is 1.89. The van der Waals surface area contributed by atoms with Gasteiger partial charge in [-0.3, -0.25) is 0 Å². The van der Waals surface area contributed by atoms with Crippen LogP contribution in [0.5, 0.6) is 0 Å². The molecule has 2 N–H and O–H groups in total. The molecule has 0 spiro atoms. The van der Waals surface area contributed by atoms with E-state index in [0.717, 1.165) is 22.4 Å². The number of anilines is 1. The zero-order chi connectivity index (χ0) is 11.7. The summed E-state index contributed by atoms with van der Waals surface area (Å²) in [6, 6.07) is 8.35. The van der Waals surface area contributed by atoms with Gasteiger partial charge in [0.15, 0.2) is 0 Å². The number of nitrogens with two attached hydrogens (primary N) is 1. The number of nitrogens with zero attached hydrogens (tertiary/aromatic N) is 1. The Bertz CT molecular complexity index is 535. The first-order valence-corrected chi connectivity index (χ1v) is 5.07. The monoisotopic (exact) mass is 216 g/mol. The highest BCUT2D eigenvalue weighted by Gasteiger charge is 2.07. The molecule has 0 amide bonds. The van der Waals surface area contributed by atoms with E-state index in [4.69, 9.17) is 5.73 Å². The molecular formula is C13H13FN2. The zero-order valence-corrected chi connectivity index (χ0v) is 9.29. The summed E-state index contributed by atoms with van der Waals surface area (Å²) in [6.07, 6.45) is 0. The Labute approximate surface area is 93.9 Å². The summed E-state index contributed by atoms with van der Waals surface area (Å²) in [5.74, 6) is 0.243. The number of rotatable bonds is 1. The molecule has 2 nitrogen and oxygen atoms in total. The van der Waals surface area contributed by atoms with Crippen molar-refractivity contribution in [3.63, 3.8) is 0 Å². The van der Waals surface area contributed by atoms with Gasteiger partial charge in [0.05, 0.1) is 0 Å². The fraction of sp³-hybridized carbons (Fsp3) is 0.154. The third-order valence-corrected chi connectivity index (χ3v) is 2.60. The van der Waals surface area contributed by atoms with Crippen LogP contribution in [-0.2, 0) is 0 Å². The number of benzene rings is 1. The lowest BCUT2D eigenvalue weighted by molar-refractivity contribution is 0.628. The zero-order valence-electron chi connectivity index (χ0n) is 9.29. The van der Waals surface area contributed by atoms with Gasteiger partial charge in [-0.2, -0.15) is 0 Å². The van der Waals surface area contributed by atoms with E-state index in [1.54, 1.807) is 12.1 Å². The summed E-state index contributed by atoms with van der Waals surface area (Å²) in [7, 11) is 0. The van der Waals surface area contributed by atoms with Crippen molar-refractivity contribution < 1.29 is 4.39 Å². The second-order valence-electron chi connectivity index (χ2n) is 3.83. The Kier molecular flexibility index (Phi) is 2.60. The van der Waals surface area contributed by atoms with Crippen molar-refractivity contribution in [3.8, 4) is 11.1 Å². The van der Waals surface area contributed by atoms with Gasteiger partial charge in [0.1, 0.15) is 11.6 Å². The van der Waals surface area contributed by atoms with E-state index in [1.165, 1.54) is 12.1 Å². The van der Waals surface area contributed by atoms with Crippen molar-refractivity contribution in [2.75, 3.05) is 5.73 Å². The largest absolute Gasteiger partial charge is 0.384 e. The fourth-order valence-electron chi connectivity index (χ4n) is 1.75. The summed E-state index contributed by atoms with van der Waals surface area (Å²) >= 11 is 0. The smallest absolute Gasteiger partial charge is 0.123 e. The van der Waals surface area contributed by atoms with Gasteiger partial charge in [0.25, 0.3) is 0 Å². The van der Waals surface area contributed by atoms with Gasteiger partial charge in [0, 0.05) is 11.3 Å². The maximum Gasteiger partial charge on any atom is 0.123 e. The predicted octanol–water partition coefficient (Wildman–Crippen LogP) is 3.09. The molecule has 0 saturated carbocycles. The van der Waals surface area contributed by atoms with E-state index in [9.17, 15) is 4.39 Å². The van der Waals surface area contributed by atoms with Crippen LogP contribution in [0.3, 0.4) is 0 Å². The second kappa shape index (κ2) is 3.93. The van der Waals surface area contributed by atoms with Crippen LogP contribution in [0.15, 0.2) is 30.3 Å². The highest BCUT2D eigenvalue weighted by atomic mass is 19.1. The van der Waals surface area contributed by atoms with Crippen LogP contribution in [0.25, 0.3) is 11.1 Å². The van der Waals surface area contributed by atoms with Crippen molar-refractivity contribution >= 4 is 5.82 Å². The summed E-state index contributed by atoms with van der Waals surface area (Å²) < 4.78 is 13.2. The maximum atomic E-state index is 13.2. The van der Waals surface area contributed by atoms with Crippen molar-refractivity contribution in [2.45, 2.75) is 13.8 Å². The standard InChI is InChI=1S/C13H13FN2/c1-8-3-4-10(14)7-12(8)11-5-6-13(15)16-9(11)2/h3-7H,1-2H3,(H2,15,16). The minimum atomic E-state index is -0.239. The molecule has 1 heterocycles. The lowest BCUT2D eigenvalue weighted by Crippen LogP contribution is -1.95. The number of pyridine rings is 1. The third-order valence-electron chi connectivity index (χ3n) is 2.60. The fourth-order valence-corrected chi connectivity index (χ4v) is 1.75. The maximum absolute atomic E-state index is 13.2. The van der Waals surface area contributed by atoms with E-state index in [1.807, 2.05) is 19.9 Å². The molecule has 0 fully saturated rings. The normalized spacial score (nSPS) is 10.4. The van der Waals surface area contributed by atoms with Gasteiger partial charge in [0.2, 0.25) is 0 Å². The van der Waals surface area contributed by atoms with Gasteiger partial charge in [-0.15, -0.1) is 0 Å². The van der Waals surface area contributed by atoms with E-state index in [-0.39, 0.29) is 5.82 Å². The number of aromatic nitrogens is 1. The molecule has 0 aliphatic rings. The molecule has 0 aliphatic heterocycles. The Morgan fingerprint density at radius 3 is 2.50 bits per heavy atom. The van der Waals surface area contributed by atoms with Gasteiger partial charge in [-0.1, -0.05) is 6.07 Å². The molecule has 1 aromatic heterocycles. The Balaban J connectivity index is 2.62. The van der Waals surface area contributed by atoms with Crippen molar-refractivity contribution in [2.24, 2.45) is 0 Å². The van der Waals surface area contributed by atoms with Gasteiger partial charge in [-0.05, 0) is 49.2 Å². The number of halogens is 1. The molecule has 3 heteroatoms. The molecule has 0 atom stereocenters. The minimum absolute atomic E-state index is 0.239. The lowest BCUT2D eigenvalue weighted by Gasteiger charge is -2.09. The molecule has 82 valence electrons. The lowest BCUT2D eigenvalue weighted by atomic mass is 9.99. The molecule has 0 unspecified atom stereocenters. The van der Waals surface area contributed by atoms with Crippen LogP contribution < -0.4 is 5.73 Å². The summed E-state index contributed by atoms with van der Waals surface area (Å²) in [5.41, 5.74) is 9.21. The Morgan fingerprint density at radius 2 is 1.81 bits per heavy atom. The number of hydrogen-bond acceptors (Lipinski definition) is 2. The first-order chi connectivity index (χ1) is 7.58. The number of hydrogen-bond donors (Lipinski definition) is 1. The average molecular weight is 216 g/mol. The predicted molar refractivity (Wildman–Crippen MR) is 63.5 cm³/mol. The Hall–Kier alpha value is -1.90. The summed E-state index contributed by atoms with van der Waals surface area (Å²) in [5, 5.41) is 0. The SMILES string of the molecule is Cc1ccc(F)cc1-c1ccc(N)nc1C. The summed E-state index contributed by atoms with van der Waals surface area (Å²) in [4.78, 5) is 4.18. The van der Waals surface area contributed by atoms with Crippen LogP contribution in [0, 0.1) is 19.7 Å². The van der Waals surface area contributed by atoms with Crippen LogP contribution in [-0.4, -0.2) is 4.98 Å². The quantitative estimate of drug-likeness (QED) is 0.795. The molecule has 0 aliphatic carbocycles. The van der Waals surface area contributed by atoms with Crippen LogP contribution in [0.4, 0.5) is 10.2 Å². The topological polar surface area (TPSA) is 38.9 Å². The van der Waals surface area contributed by atoms with E-state index in [0.29, 0.717) is 5.82 Å².